The van der Waals surface area contributed by atoms with Crippen molar-refractivity contribution in [2.45, 2.75) is 13.0 Å². The highest BCUT2D eigenvalue weighted by atomic mass is 16.5. The summed E-state index contributed by atoms with van der Waals surface area (Å²) in [6.45, 7) is 3.25. The van der Waals surface area contributed by atoms with Gasteiger partial charge < -0.3 is 15.2 Å². The molecule has 28 heavy (non-hydrogen) atoms. The quantitative estimate of drug-likeness (QED) is 0.447. The van der Waals surface area contributed by atoms with Crippen LogP contribution in [-0.4, -0.2) is 31.4 Å². The molecule has 2 N–H and O–H groups in total. The van der Waals surface area contributed by atoms with Crippen molar-refractivity contribution < 1.29 is 9.84 Å². The van der Waals surface area contributed by atoms with Crippen LogP contribution in [0.25, 0.3) is 11.1 Å². The van der Waals surface area contributed by atoms with E-state index in [0.29, 0.717) is 6.61 Å². The van der Waals surface area contributed by atoms with E-state index in [-0.39, 0.29) is 0 Å². The van der Waals surface area contributed by atoms with Crippen LogP contribution in [-0.2, 0) is 0 Å². The summed E-state index contributed by atoms with van der Waals surface area (Å²) < 4.78 is 5.75. The highest BCUT2D eigenvalue weighted by molar-refractivity contribution is 5.99. The van der Waals surface area contributed by atoms with Gasteiger partial charge in [0.2, 0.25) is 0 Å². The molecule has 0 aliphatic rings. The van der Waals surface area contributed by atoms with Crippen molar-refractivity contribution in [1.82, 2.24) is 5.32 Å². The van der Waals surface area contributed by atoms with E-state index in [1.165, 1.54) is 0 Å². The molecule has 0 aliphatic carbocycles. The molecular formula is C25H27NO2. The number of aliphatic hydroxyl groups is 1. The summed E-state index contributed by atoms with van der Waals surface area (Å²) in [6, 6.07) is 28.4. The minimum absolute atomic E-state index is 0.607. The van der Waals surface area contributed by atoms with Crippen LogP contribution in [0.1, 0.15) is 23.6 Å². The number of ether oxygens (including phenoxy) is 1. The third kappa shape index (κ3) is 4.89. The van der Waals surface area contributed by atoms with E-state index in [4.69, 9.17) is 4.74 Å². The Labute approximate surface area is 167 Å². The zero-order valence-corrected chi connectivity index (χ0v) is 16.4. The fourth-order valence-corrected chi connectivity index (χ4v) is 3.28. The summed E-state index contributed by atoms with van der Waals surface area (Å²) in [5.74, 6) is 0.838. The van der Waals surface area contributed by atoms with Gasteiger partial charge in [-0.05, 0) is 53.9 Å². The van der Waals surface area contributed by atoms with Crippen LogP contribution in [0.3, 0.4) is 0 Å². The molecule has 144 valence electrons. The van der Waals surface area contributed by atoms with Crippen LogP contribution in [0, 0.1) is 0 Å². The minimum atomic E-state index is -0.607. The molecule has 1 unspecified atom stereocenters. The molecule has 0 aliphatic heterocycles. The van der Waals surface area contributed by atoms with Crippen molar-refractivity contribution in [2.75, 3.05) is 20.2 Å². The van der Waals surface area contributed by atoms with Crippen molar-refractivity contribution in [3.05, 3.63) is 102 Å². The van der Waals surface area contributed by atoms with Gasteiger partial charge in [0.15, 0.2) is 0 Å². The van der Waals surface area contributed by atoms with Gasteiger partial charge >= 0.3 is 0 Å². The Bertz CT molecular complexity index is 885. The standard InChI is InChI=1S/C25H27NO2/c1-19(27)24(20-9-5-3-6-10-20)25(21-11-7-4-8-12-21)22-13-15-23(16-14-22)28-18-17-26-2/h3-16,19,26-27H,17-18H2,1-2H3/b25-24-. The van der Waals surface area contributed by atoms with Crippen molar-refractivity contribution in [3.8, 4) is 5.75 Å². The Morgan fingerprint density at radius 2 is 1.36 bits per heavy atom. The zero-order chi connectivity index (χ0) is 19.8. The third-order valence-corrected chi connectivity index (χ3v) is 4.60. The van der Waals surface area contributed by atoms with Gasteiger partial charge in [0.25, 0.3) is 0 Å². The molecule has 0 bridgehead atoms. The first-order chi connectivity index (χ1) is 13.7. The third-order valence-electron chi connectivity index (χ3n) is 4.60. The van der Waals surface area contributed by atoms with E-state index in [1.54, 1.807) is 0 Å². The number of hydrogen-bond donors (Lipinski definition) is 2. The van der Waals surface area contributed by atoms with Crippen LogP contribution in [0.4, 0.5) is 0 Å². The molecule has 3 rings (SSSR count). The number of hydrogen-bond acceptors (Lipinski definition) is 3. The average Bonchev–Trinajstić information content (AvgIpc) is 2.74. The van der Waals surface area contributed by atoms with Crippen molar-refractivity contribution in [3.63, 3.8) is 0 Å². The summed E-state index contributed by atoms with van der Waals surface area (Å²) in [5.41, 5.74) is 5.09. The molecule has 0 aromatic heterocycles. The fourth-order valence-electron chi connectivity index (χ4n) is 3.28. The maximum atomic E-state index is 10.7. The predicted molar refractivity (Wildman–Crippen MR) is 116 cm³/mol. The smallest absolute Gasteiger partial charge is 0.119 e. The number of nitrogens with one attached hydrogen (secondary N) is 1. The summed E-state index contributed by atoms with van der Waals surface area (Å²) in [6.07, 6.45) is -0.607. The van der Waals surface area contributed by atoms with E-state index < -0.39 is 6.10 Å². The Morgan fingerprint density at radius 3 is 1.89 bits per heavy atom. The van der Waals surface area contributed by atoms with Gasteiger partial charge in [-0.25, -0.2) is 0 Å². The Hall–Kier alpha value is -2.88. The largest absolute Gasteiger partial charge is 0.492 e. The van der Waals surface area contributed by atoms with E-state index in [2.05, 4.69) is 29.6 Å². The molecule has 0 heterocycles. The van der Waals surface area contributed by atoms with Crippen LogP contribution < -0.4 is 10.1 Å². The van der Waals surface area contributed by atoms with Gasteiger partial charge in [0, 0.05) is 6.54 Å². The lowest BCUT2D eigenvalue weighted by atomic mass is 9.87. The number of aliphatic hydroxyl groups excluding tert-OH is 1. The van der Waals surface area contributed by atoms with Crippen LogP contribution >= 0.6 is 0 Å². The van der Waals surface area contributed by atoms with E-state index in [1.807, 2.05) is 74.6 Å². The topological polar surface area (TPSA) is 41.5 Å². The second kappa shape index (κ2) is 9.88. The highest BCUT2D eigenvalue weighted by Crippen LogP contribution is 2.35. The molecule has 3 aromatic carbocycles. The molecule has 0 amide bonds. The van der Waals surface area contributed by atoms with Crippen LogP contribution in [0.15, 0.2) is 84.9 Å². The Morgan fingerprint density at radius 1 is 0.821 bits per heavy atom. The fraction of sp³-hybridized carbons (Fsp3) is 0.200. The lowest BCUT2D eigenvalue weighted by molar-refractivity contribution is 0.253. The minimum Gasteiger partial charge on any atom is -0.492 e. The monoisotopic (exact) mass is 373 g/mol. The molecule has 3 aromatic rings. The van der Waals surface area contributed by atoms with Crippen LogP contribution in [0.2, 0.25) is 0 Å². The summed E-state index contributed by atoms with van der Waals surface area (Å²) in [5, 5.41) is 13.7. The zero-order valence-electron chi connectivity index (χ0n) is 16.4. The van der Waals surface area contributed by atoms with Gasteiger partial charge in [0.1, 0.15) is 12.4 Å². The first-order valence-corrected chi connectivity index (χ1v) is 9.61. The second-order valence-electron chi connectivity index (χ2n) is 6.67. The van der Waals surface area contributed by atoms with Crippen molar-refractivity contribution in [2.24, 2.45) is 0 Å². The lowest BCUT2D eigenvalue weighted by Crippen LogP contribution is -2.15. The van der Waals surface area contributed by atoms with E-state index >= 15 is 0 Å². The first kappa shape index (κ1) is 19.9. The number of rotatable bonds is 8. The first-order valence-electron chi connectivity index (χ1n) is 9.61. The maximum absolute atomic E-state index is 10.7. The molecule has 0 saturated carbocycles. The van der Waals surface area contributed by atoms with Crippen molar-refractivity contribution in [1.29, 1.82) is 0 Å². The number of likely N-dealkylation sites (N-methyl/N-ethyl adjacent to an activating group) is 1. The summed E-state index contributed by atoms with van der Waals surface area (Å²) in [7, 11) is 1.91. The lowest BCUT2D eigenvalue weighted by Gasteiger charge is -2.20. The highest BCUT2D eigenvalue weighted by Gasteiger charge is 2.17. The molecular weight excluding hydrogens is 346 g/mol. The SMILES string of the molecule is CNCCOc1ccc(/C(=C(\c2ccccc2)C(C)O)c2ccccc2)cc1. The molecule has 0 radical (unpaired) electrons. The maximum Gasteiger partial charge on any atom is 0.119 e. The van der Waals surface area contributed by atoms with Gasteiger partial charge in [-0.3, -0.25) is 0 Å². The van der Waals surface area contributed by atoms with E-state index in [9.17, 15) is 5.11 Å². The second-order valence-corrected chi connectivity index (χ2v) is 6.67. The molecule has 0 fully saturated rings. The van der Waals surface area contributed by atoms with Gasteiger partial charge in [-0.15, -0.1) is 0 Å². The Balaban J connectivity index is 2.10. The van der Waals surface area contributed by atoms with E-state index in [0.717, 1.165) is 40.1 Å². The summed E-state index contributed by atoms with van der Waals surface area (Å²) >= 11 is 0. The van der Waals surface area contributed by atoms with Gasteiger partial charge in [0.05, 0.1) is 6.10 Å². The van der Waals surface area contributed by atoms with Gasteiger partial charge in [-0.1, -0.05) is 72.8 Å². The average molecular weight is 373 g/mol. The molecule has 0 saturated heterocycles. The van der Waals surface area contributed by atoms with Gasteiger partial charge in [-0.2, -0.15) is 0 Å². The molecule has 1 atom stereocenters. The molecule has 0 spiro atoms. The Kier molecular flexibility index (Phi) is 7.01. The normalized spacial score (nSPS) is 13.0. The summed E-state index contributed by atoms with van der Waals surface area (Å²) in [4.78, 5) is 0. The van der Waals surface area contributed by atoms with Crippen LogP contribution in [0.5, 0.6) is 5.75 Å². The predicted octanol–water partition coefficient (Wildman–Crippen LogP) is 4.62. The molecule has 3 nitrogen and oxygen atoms in total. The van der Waals surface area contributed by atoms with Crippen molar-refractivity contribution >= 4 is 11.1 Å². The number of benzene rings is 3. The molecule has 3 heteroatoms.